The Balaban J connectivity index is 1.63. The van der Waals surface area contributed by atoms with Gasteiger partial charge in [-0.3, -0.25) is 4.98 Å². The van der Waals surface area contributed by atoms with Crippen molar-refractivity contribution >= 4 is 33.0 Å². The van der Waals surface area contributed by atoms with Gasteiger partial charge in [0, 0.05) is 29.6 Å². The molecule has 0 saturated carbocycles. The topological polar surface area (TPSA) is 72.0 Å². The van der Waals surface area contributed by atoms with Gasteiger partial charge in [-0.2, -0.15) is 0 Å². The van der Waals surface area contributed by atoms with Crippen LogP contribution in [0.5, 0.6) is 0 Å². The third kappa shape index (κ3) is 4.43. The smallest absolute Gasteiger partial charge is 0.240 e. The van der Waals surface area contributed by atoms with Crippen molar-refractivity contribution < 1.29 is 8.42 Å². The summed E-state index contributed by atoms with van der Waals surface area (Å²) in [4.78, 5) is 8.92. The summed E-state index contributed by atoms with van der Waals surface area (Å²) in [5.74, 6) is 0. The van der Waals surface area contributed by atoms with E-state index in [2.05, 4.69) is 14.7 Å². The molecule has 0 unspecified atom stereocenters. The largest absolute Gasteiger partial charge is 0.255 e. The van der Waals surface area contributed by atoms with Crippen LogP contribution in [0.2, 0.25) is 5.02 Å². The first-order chi connectivity index (χ1) is 12.0. The summed E-state index contributed by atoms with van der Waals surface area (Å²) < 4.78 is 27.2. The van der Waals surface area contributed by atoms with Gasteiger partial charge in [0.15, 0.2) is 0 Å². The first kappa shape index (κ1) is 18.0. The van der Waals surface area contributed by atoms with Gasteiger partial charge in [0.1, 0.15) is 0 Å². The molecular formula is C17H16ClN3O2S2. The molecule has 2 heterocycles. The molecule has 3 rings (SSSR count). The number of nitrogens with one attached hydrogen (secondary N) is 1. The van der Waals surface area contributed by atoms with Crippen molar-refractivity contribution in [1.29, 1.82) is 0 Å². The van der Waals surface area contributed by atoms with E-state index in [1.165, 1.54) is 17.4 Å². The van der Waals surface area contributed by atoms with Gasteiger partial charge in [-0.15, -0.1) is 11.3 Å². The Labute approximate surface area is 155 Å². The molecule has 5 nitrogen and oxygen atoms in total. The zero-order valence-corrected chi connectivity index (χ0v) is 15.8. The summed E-state index contributed by atoms with van der Waals surface area (Å²) in [7, 11) is -3.58. The van der Waals surface area contributed by atoms with Crippen LogP contribution in [0.15, 0.2) is 52.9 Å². The fourth-order valence-corrected chi connectivity index (χ4v) is 4.27. The average Bonchev–Trinajstić information content (AvgIpc) is 3.07. The third-order valence-electron chi connectivity index (χ3n) is 3.56. The lowest BCUT2D eigenvalue weighted by Gasteiger charge is -2.07. The molecule has 0 aliphatic carbocycles. The molecule has 0 aliphatic rings. The van der Waals surface area contributed by atoms with Crippen molar-refractivity contribution in [3.63, 3.8) is 0 Å². The van der Waals surface area contributed by atoms with E-state index in [0.29, 0.717) is 11.4 Å². The second kappa shape index (κ2) is 7.61. The lowest BCUT2D eigenvalue weighted by atomic mass is 10.2. The Morgan fingerprint density at radius 2 is 2.04 bits per heavy atom. The quantitative estimate of drug-likeness (QED) is 0.693. The number of hydrogen-bond donors (Lipinski definition) is 1. The van der Waals surface area contributed by atoms with Crippen LogP contribution in [0.4, 0.5) is 0 Å². The number of halogens is 1. The van der Waals surface area contributed by atoms with Gasteiger partial charge in [-0.25, -0.2) is 18.1 Å². The molecule has 0 saturated heterocycles. The van der Waals surface area contributed by atoms with Gasteiger partial charge >= 0.3 is 0 Å². The molecule has 130 valence electrons. The van der Waals surface area contributed by atoms with Crippen LogP contribution in [0.1, 0.15) is 10.6 Å². The van der Waals surface area contributed by atoms with Gasteiger partial charge in [0.25, 0.3) is 0 Å². The van der Waals surface area contributed by atoms with Crippen LogP contribution >= 0.6 is 22.9 Å². The summed E-state index contributed by atoms with van der Waals surface area (Å²) in [6, 6.07) is 10.3. The molecule has 0 radical (unpaired) electrons. The Hall–Kier alpha value is -1.80. The van der Waals surface area contributed by atoms with E-state index in [1.807, 2.05) is 30.5 Å². The van der Waals surface area contributed by atoms with Crippen LogP contribution < -0.4 is 4.72 Å². The maximum atomic E-state index is 12.3. The molecule has 0 aliphatic heterocycles. The minimum atomic E-state index is -3.58. The first-order valence-corrected chi connectivity index (χ1v) is 10.3. The number of hydrogen-bond acceptors (Lipinski definition) is 5. The number of pyridine rings is 1. The van der Waals surface area contributed by atoms with Crippen LogP contribution in [-0.2, 0) is 16.4 Å². The van der Waals surface area contributed by atoms with E-state index in [0.717, 1.165) is 22.0 Å². The molecule has 0 atom stereocenters. The highest BCUT2D eigenvalue weighted by molar-refractivity contribution is 7.89. The van der Waals surface area contributed by atoms with Crippen LogP contribution in [0.3, 0.4) is 0 Å². The lowest BCUT2D eigenvalue weighted by molar-refractivity contribution is 0.581. The minimum absolute atomic E-state index is 0.163. The number of aryl methyl sites for hydroxylation is 1. The van der Waals surface area contributed by atoms with E-state index < -0.39 is 10.0 Å². The maximum Gasteiger partial charge on any atom is 0.240 e. The minimum Gasteiger partial charge on any atom is -0.255 e. The van der Waals surface area contributed by atoms with Crippen molar-refractivity contribution in [3.05, 3.63) is 63.6 Å². The predicted molar refractivity (Wildman–Crippen MR) is 100 cm³/mol. The maximum absolute atomic E-state index is 12.3. The molecule has 1 N–H and O–H groups in total. The second-order valence-electron chi connectivity index (χ2n) is 5.40. The fourth-order valence-electron chi connectivity index (χ4n) is 2.17. The van der Waals surface area contributed by atoms with Crippen LogP contribution in [0, 0.1) is 6.92 Å². The summed E-state index contributed by atoms with van der Waals surface area (Å²) in [5.41, 5.74) is 2.44. The molecule has 25 heavy (non-hydrogen) atoms. The number of benzene rings is 1. The van der Waals surface area contributed by atoms with E-state index in [-0.39, 0.29) is 11.4 Å². The highest BCUT2D eigenvalue weighted by Gasteiger charge is 2.15. The number of nitrogens with zero attached hydrogens (tertiary/aromatic N) is 2. The van der Waals surface area contributed by atoms with Crippen LogP contribution in [0.25, 0.3) is 11.4 Å². The fraction of sp³-hybridized carbons (Fsp3) is 0.176. The monoisotopic (exact) mass is 393 g/mol. The normalized spacial score (nSPS) is 11.6. The molecule has 0 bridgehead atoms. The Kier molecular flexibility index (Phi) is 5.48. The van der Waals surface area contributed by atoms with Gasteiger partial charge < -0.3 is 0 Å². The highest BCUT2D eigenvalue weighted by Crippen LogP contribution is 2.21. The SMILES string of the molecule is Cc1ccc(S(=O)(=O)NCCc2nc(-c3ccccn3)cs2)cc1Cl. The highest BCUT2D eigenvalue weighted by atomic mass is 35.5. The van der Waals surface area contributed by atoms with E-state index >= 15 is 0 Å². The average molecular weight is 394 g/mol. The van der Waals surface area contributed by atoms with Crippen molar-refractivity contribution in [2.24, 2.45) is 0 Å². The van der Waals surface area contributed by atoms with Crippen molar-refractivity contribution in [2.75, 3.05) is 6.54 Å². The van der Waals surface area contributed by atoms with Crippen LogP contribution in [-0.4, -0.2) is 24.9 Å². The van der Waals surface area contributed by atoms with Gasteiger partial charge in [0.2, 0.25) is 10.0 Å². The standard InChI is InChI=1S/C17H16ClN3O2S2/c1-12-5-6-13(10-14(12)18)25(22,23)20-9-7-17-21-16(11-24-17)15-4-2-3-8-19-15/h2-6,8,10-11,20H,7,9H2,1H3. The Morgan fingerprint density at radius 1 is 1.20 bits per heavy atom. The van der Waals surface area contributed by atoms with Gasteiger partial charge in [-0.1, -0.05) is 23.7 Å². The summed E-state index contributed by atoms with van der Waals surface area (Å²) in [6.45, 7) is 2.09. The molecule has 3 aromatic rings. The second-order valence-corrected chi connectivity index (χ2v) is 8.52. The molecule has 1 aromatic carbocycles. The molecule has 8 heteroatoms. The van der Waals surface area contributed by atoms with Crippen molar-refractivity contribution in [2.45, 2.75) is 18.2 Å². The zero-order valence-electron chi connectivity index (χ0n) is 13.4. The third-order valence-corrected chi connectivity index (χ3v) is 6.34. The first-order valence-electron chi connectivity index (χ1n) is 7.57. The number of aromatic nitrogens is 2. The number of thiazole rings is 1. The Morgan fingerprint density at radius 3 is 2.76 bits per heavy atom. The van der Waals surface area contributed by atoms with Gasteiger partial charge in [-0.05, 0) is 36.8 Å². The van der Waals surface area contributed by atoms with E-state index in [9.17, 15) is 8.42 Å². The molecule has 0 spiro atoms. The summed E-state index contributed by atoms with van der Waals surface area (Å²) in [5, 5.41) is 3.21. The Bertz CT molecular complexity index is 973. The molecule has 0 amide bonds. The van der Waals surface area contributed by atoms with Crippen molar-refractivity contribution in [3.8, 4) is 11.4 Å². The number of rotatable bonds is 6. The number of sulfonamides is 1. The summed E-state index contributed by atoms with van der Waals surface area (Å²) >= 11 is 7.49. The van der Waals surface area contributed by atoms with E-state index in [4.69, 9.17) is 11.6 Å². The van der Waals surface area contributed by atoms with E-state index in [1.54, 1.807) is 18.3 Å². The lowest BCUT2D eigenvalue weighted by Crippen LogP contribution is -2.26. The zero-order chi connectivity index (χ0) is 17.9. The molecular weight excluding hydrogens is 378 g/mol. The van der Waals surface area contributed by atoms with Crippen molar-refractivity contribution in [1.82, 2.24) is 14.7 Å². The molecule has 2 aromatic heterocycles. The summed E-state index contributed by atoms with van der Waals surface area (Å²) in [6.07, 6.45) is 2.23. The molecule has 0 fully saturated rings. The van der Waals surface area contributed by atoms with Gasteiger partial charge in [0.05, 0.1) is 21.3 Å². The predicted octanol–water partition coefficient (Wildman–Crippen LogP) is 3.69.